The van der Waals surface area contributed by atoms with E-state index in [9.17, 15) is 14.4 Å². The minimum Gasteiger partial charge on any atom is -0.341 e. The largest absolute Gasteiger partial charge is 0.341 e. The van der Waals surface area contributed by atoms with Gasteiger partial charge in [0.05, 0.1) is 4.47 Å². The first-order valence-corrected chi connectivity index (χ1v) is 7.70. The number of nitrogens with one attached hydrogen (secondary N) is 1. The summed E-state index contributed by atoms with van der Waals surface area (Å²) in [4.78, 5) is 39.0. The molecule has 1 aliphatic rings. The van der Waals surface area contributed by atoms with Crippen LogP contribution in [0.15, 0.2) is 20.3 Å². The third-order valence-corrected chi connectivity index (χ3v) is 4.47. The lowest BCUT2D eigenvalue weighted by molar-refractivity contribution is -0.133. The van der Waals surface area contributed by atoms with Crippen LogP contribution in [0.25, 0.3) is 0 Å². The molecule has 0 spiro atoms. The van der Waals surface area contributed by atoms with E-state index < -0.39 is 11.2 Å². The minimum atomic E-state index is -0.581. The first kappa shape index (κ1) is 18.9. The number of rotatable bonds is 3. The van der Waals surface area contributed by atoms with Crippen LogP contribution >= 0.6 is 28.3 Å². The predicted octanol–water partition coefficient (Wildman–Crippen LogP) is 0.307. The maximum Gasteiger partial charge on any atom is 0.328 e. The summed E-state index contributed by atoms with van der Waals surface area (Å²) in [5, 5.41) is 0. The van der Waals surface area contributed by atoms with Gasteiger partial charge in [0, 0.05) is 25.3 Å². The lowest BCUT2D eigenvalue weighted by atomic mass is 9.91. The van der Waals surface area contributed by atoms with Gasteiger partial charge >= 0.3 is 5.69 Å². The molecule has 0 aromatic carbocycles. The van der Waals surface area contributed by atoms with E-state index in [0.29, 0.717) is 19.0 Å². The van der Waals surface area contributed by atoms with Crippen LogP contribution in [0.5, 0.6) is 0 Å². The number of hydrogen-bond acceptors (Lipinski definition) is 4. The van der Waals surface area contributed by atoms with E-state index in [0.717, 1.165) is 12.8 Å². The van der Waals surface area contributed by atoms with Gasteiger partial charge in [-0.2, -0.15) is 0 Å². The summed E-state index contributed by atoms with van der Waals surface area (Å²) < 4.78 is 1.43. The van der Waals surface area contributed by atoms with Crippen molar-refractivity contribution in [2.45, 2.75) is 32.4 Å². The number of piperidine rings is 1. The van der Waals surface area contributed by atoms with Gasteiger partial charge < -0.3 is 10.6 Å². The van der Waals surface area contributed by atoms with Crippen LogP contribution < -0.4 is 17.0 Å². The fourth-order valence-corrected chi connectivity index (χ4v) is 2.87. The first-order chi connectivity index (χ1) is 9.88. The Balaban J connectivity index is 0.00000242. The van der Waals surface area contributed by atoms with E-state index in [2.05, 4.69) is 20.9 Å². The van der Waals surface area contributed by atoms with Gasteiger partial charge in [0.2, 0.25) is 5.91 Å². The molecule has 0 aliphatic carbocycles. The van der Waals surface area contributed by atoms with Gasteiger partial charge in [0.15, 0.2) is 0 Å². The average Bonchev–Trinajstić information content (AvgIpc) is 2.44. The van der Waals surface area contributed by atoms with E-state index in [4.69, 9.17) is 5.73 Å². The highest BCUT2D eigenvalue weighted by atomic mass is 79.9. The van der Waals surface area contributed by atoms with E-state index in [1.807, 2.05) is 6.92 Å². The van der Waals surface area contributed by atoms with Gasteiger partial charge in [-0.05, 0) is 41.6 Å². The molecule has 1 aromatic heterocycles. The Hall–Kier alpha value is -1.12. The second-order valence-electron chi connectivity index (χ2n) is 5.44. The van der Waals surface area contributed by atoms with Gasteiger partial charge in [-0.3, -0.25) is 19.1 Å². The lowest BCUT2D eigenvalue weighted by Gasteiger charge is -2.33. The van der Waals surface area contributed by atoms with Crippen LogP contribution in [-0.2, 0) is 11.3 Å². The molecule has 22 heavy (non-hydrogen) atoms. The molecule has 2 rings (SSSR count). The van der Waals surface area contributed by atoms with Crippen molar-refractivity contribution in [2.75, 3.05) is 13.1 Å². The highest BCUT2D eigenvalue weighted by molar-refractivity contribution is 9.10. The van der Waals surface area contributed by atoms with E-state index in [-0.39, 0.29) is 35.4 Å². The first-order valence-electron chi connectivity index (χ1n) is 6.91. The Labute approximate surface area is 142 Å². The number of likely N-dealkylation sites (tertiary alicyclic amines) is 1. The highest BCUT2D eigenvalue weighted by Crippen LogP contribution is 2.19. The van der Waals surface area contributed by atoms with Crippen LogP contribution in [0, 0.1) is 5.92 Å². The SMILES string of the molecule is CC(N)C1CCN(C(=O)Cn2cc(Br)c(=O)[nH]c2=O)CC1.Cl. The Morgan fingerprint density at radius 2 is 2.05 bits per heavy atom. The lowest BCUT2D eigenvalue weighted by Crippen LogP contribution is -2.45. The Morgan fingerprint density at radius 1 is 1.45 bits per heavy atom. The van der Waals surface area contributed by atoms with Crippen molar-refractivity contribution in [3.05, 3.63) is 31.5 Å². The van der Waals surface area contributed by atoms with E-state index >= 15 is 0 Å². The summed E-state index contributed by atoms with van der Waals surface area (Å²) in [5.74, 6) is 0.318. The summed E-state index contributed by atoms with van der Waals surface area (Å²) in [6.45, 7) is 3.23. The van der Waals surface area contributed by atoms with E-state index in [1.54, 1.807) is 4.90 Å². The number of nitrogens with zero attached hydrogens (tertiary/aromatic N) is 2. The molecule has 1 aromatic rings. The number of carbonyl (C=O) groups is 1. The van der Waals surface area contributed by atoms with Crippen molar-refractivity contribution < 1.29 is 4.79 Å². The summed E-state index contributed by atoms with van der Waals surface area (Å²) in [7, 11) is 0. The number of nitrogens with two attached hydrogens (primary N) is 1. The molecule has 1 amide bonds. The molecule has 0 radical (unpaired) electrons. The number of aromatic amines is 1. The fourth-order valence-electron chi connectivity index (χ4n) is 2.52. The summed E-state index contributed by atoms with van der Waals surface area (Å²) in [6, 6.07) is 0.139. The molecule has 7 nitrogen and oxygen atoms in total. The van der Waals surface area contributed by atoms with Crippen molar-refractivity contribution in [2.24, 2.45) is 11.7 Å². The number of halogens is 2. The minimum absolute atomic E-state index is 0. The van der Waals surface area contributed by atoms with Gasteiger partial charge in [-0.15, -0.1) is 12.4 Å². The van der Waals surface area contributed by atoms with Crippen molar-refractivity contribution in [1.29, 1.82) is 0 Å². The Kier molecular flexibility index (Phi) is 6.83. The Bertz CT molecular complexity index is 635. The Morgan fingerprint density at radius 3 is 2.59 bits per heavy atom. The fraction of sp³-hybridized carbons (Fsp3) is 0.615. The van der Waals surface area contributed by atoms with Gasteiger partial charge in [0.1, 0.15) is 6.54 Å². The second-order valence-corrected chi connectivity index (χ2v) is 6.30. The summed E-state index contributed by atoms with van der Waals surface area (Å²) in [5.41, 5.74) is 4.79. The molecule has 1 unspecified atom stereocenters. The molecule has 1 atom stereocenters. The zero-order chi connectivity index (χ0) is 15.6. The number of hydrogen-bond donors (Lipinski definition) is 2. The zero-order valence-corrected chi connectivity index (χ0v) is 14.7. The topological polar surface area (TPSA) is 101 Å². The molecule has 0 saturated carbocycles. The van der Waals surface area contributed by atoms with Gasteiger partial charge in [0.25, 0.3) is 5.56 Å². The summed E-state index contributed by atoms with van der Waals surface area (Å²) >= 11 is 3.05. The number of carbonyl (C=O) groups excluding carboxylic acids is 1. The van der Waals surface area contributed by atoms with Crippen molar-refractivity contribution in [1.82, 2.24) is 14.5 Å². The summed E-state index contributed by atoms with van der Waals surface area (Å²) in [6.07, 6.45) is 3.11. The zero-order valence-electron chi connectivity index (χ0n) is 12.3. The smallest absolute Gasteiger partial charge is 0.328 e. The third kappa shape index (κ3) is 4.44. The standard InChI is InChI=1S/C13H19BrN4O3.ClH/c1-8(15)9-2-4-17(5-3-9)11(19)7-18-6-10(14)12(20)16-13(18)21;/h6,8-9H,2-5,7,15H2,1H3,(H,16,20,21);1H. The quantitative estimate of drug-likeness (QED) is 0.769. The highest BCUT2D eigenvalue weighted by Gasteiger charge is 2.25. The van der Waals surface area contributed by atoms with Gasteiger partial charge in [-0.25, -0.2) is 4.79 Å². The molecular formula is C13H20BrClN4O3. The predicted molar refractivity (Wildman–Crippen MR) is 89.2 cm³/mol. The van der Waals surface area contributed by atoms with E-state index in [1.165, 1.54) is 10.8 Å². The average molecular weight is 396 g/mol. The maximum absolute atomic E-state index is 12.2. The van der Waals surface area contributed by atoms with Crippen molar-refractivity contribution in [3.8, 4) is 0 Å². The molecule has 2 heterocycles. The van der Waals surface area contributed by atoms with Crippen LogP contribution in [-0.4, -0.2) is 39.5 Å². The van der Waals surface area contributed by atoms with Crippen molar-refractivity contribution in [3.63, 3.8) is 0 Å². The third-order valence-electron chi connectivity index (χ3n) is 3.91. The van der Waals surface area contributed by atoms with Crippen LogP contribution in [0.3, 0.4) is 0 Å². The molecule has 0 bridgehead atoms. The number of aromatic nitrogens is 2. The molecule has 1 aliphatic heterocycles. The number of H-pyrrole nitrogens is 1. The van der Waals surface area contributed by atoms with Crippen LogP contribution in [0.4, 0.5) is 0 Å². The van der Waals surface area contributed by atoms with Crippen LogP contribution in [0.1, 0.15) is 19.8 Å². The monoisotopic (exact) mass is 394 g/mol. The molecule has 1 fully saturated rings. The van der Waals surface area contributed by atoms with Crippen LogP contribution in [0.2, 0.25) is 0 Å². The number of amides is 1. The second kappa shape index (κ2) is 7.94. The van der Waals surface area contributed by atoms with Gasteiger partial charge in [-0.1, -0.05) is 0 Å². The molecular weight excluding hydrogens is 376 g/mol. The van der Waals surface area contributed by atoms with Crippen molar-refractivity contribution >= 4 is 34.2 Å². The molecule has 124 valence electrons. The molecule has 1 saturated heterocycles. The maximum atomic E-state index is 12.2. The molecule has 9 heteroatoms. The normalized spacial score (nSPS) is 17.0. The molecule has 3 N–H and O–H groups in total.